The second kappa shape index (κ2) is 5.28. The molecule has 2 heterocycles. The third-order valence-corrected chi connectivity index (χ3v) is 3.27. The van der Waals surface area contributed by atoms with Crippen LogP contribution in [-0.4, -0.2) is 28.1 Å². The summed E-state index contributed by atoms with van der Waals surface area (Å²) in [5.41, 5.74) is 7.13. The molecule has 108 valence electrons. The van der Waals surface area contributed by atoms with Gasteiger partial charge in [0.1, 0.15) is 6.33 Å². The Labute approximate surface area is 119 Å². The number of hydrogen-bond donors (Lipinski definition) is 1. The molecule has 20 heavy (non-hydrogen) atoms. The number of carbonyl (C=O) groups is 1. The molecule has 0 bridgehead atoms. The van der Waals surface area contributed by atoms with Gasteiger partial charge in [-0.15, -0.1) is 0 Å². The molecule has 1 atom stereocenters. The van der Waals surface area contributed by atoms with E-state index in [1.165, 1.54) is 11.3 Å². The lowest BCUT2D eigenvalue weighted by Gasteiger charge is -2.21. The number of amides is 1. The molecule has 2 rings (SSSR count). The van der Waals surface area contributed by atoms with Crippen LogP contribution in [0.25, 0.3) is 0 Å². The van der Waals surface area contributed by atoms with Crippen LogP contribution in [-0.2, 0) is 4.79 Å². The number of anilines is 1. The predicted octanol–water partition coefficient (Wildman–Crippen LogP) is 1.50. The van der Waals surface area contributed by atoms with Crippen molar-refractivity contribution in [1.29, 1.82) is 0 Å². The second-order valence-corrected chi connectivity index (χ2v) is 6.03. The average molecular weight is 275 g/mol. The number of aryl methyl sites for hydroxylation is 1. The molecule has 0 saturated heterocycles. The van der Waals surface area contributed by atoms with Crippen LogP contribution in [0, 0.1) is 18.3 Å². The van der Waals surface area contributed by atoms with Gasteiger partial charge in [-0.1, -0.05) is 20.8 Å². The molecule has 0 radical (unpaired) electrons. The van der Waals surface area contributed by atoms with E-state index < -0.39 is 0 Å². The SMILES string of the molecule is Cc1cc(N2N=C(C(C)(C)C)C(CCN)C2=O)ncn1. The summed E-state index contributed by atoms with van der Waals surface area (Å²) in [7, 11) is 0. The molecular formula is C14H21N5O. The topological polar surface area (TPSA) is 84.5 Å². The van der Waals surface area contributed by atoms with Gasteiger partial charge in [-0.3, -0.25) is 4.79 Å². The van der Waals surface area contributed by atoms with E-state index in [2.05, 4.69) is 35.8 Å². The number of nitrogens with zero attached hydrogens (tertiary/aromatic N) is 4. The number of hydrazone groups is 1. The maximum atomic E-state index is 12.6. The van der Waals surface area contributed by atoms with Gasteiger partial charge < -0.3 is 5.73 Å². The van der Waals surface area contributed by atoms with E-state index in [0.717, 1.165) is 11.4 Å². The Morgan fingerprint density at radius 3 is 2.60 bits per heavy atom. The van der Waals surface area contributed by atoms with E-state index in [4.69, 9.17) is 5.73 Å². The van der Waals surface area contributed by atoms with Crippen LogP contribution >= 0.6 is 0 Å². The summed E-state index contributed by atoms with van der Waals surface area (Å²) in [6.45, 7) is 8.48. The van der Waals surface area contributed by atoms with Crippen molar-refractivity contribution in [2.24, 2.45) is 22.2 Å². The van der Waals surface area contributed by atoms with Gasteiger partial charge in [-0.2, -0.15) is 10.1 Å². The lowest BCUT2D eigenvalue weighted by Crippen LogP contribution is -2.33. The highest BCUT2D eigenvalue weighted by Gasteiger charge is 2.41. The molecule has 0 aliphatic carbocycles. The van der Waals surface area contributed by atoms with Gasteiger partial charge in [0, 0.05) is 17.2 Å². The summed E-state index contributed by atoms with van der Waals surface area (Å²) in [6.07, 6.45) is 2.05. The third-order valence-electron chi connectivity index (χ3n) is 3.27. The minimum atomic E-state index is -0.254. The number of hydrogen-bond acceptors (Lipinski definition) is 5. The highest BCUT2D eigenvalue weighted by atomic mass is 16.2. The molecule has 1 aromatic heterocycles. The fourth-order valence-corrected chi connectivity index (χ4v) is 2.31. The van der Waals surface area contributed by atoms with E-state index in [0.29, 0.717) is 18.8 Å². The Bertz CT molecular complexity index is 547. The standard InChI is InChI=1S/C14H21N5O/c1-9-7-11(17-8-16-9)19-13(20)10(5-6-15)12(18-19)14(2,3)4/h7-8,10H,5-6,15H2,1-4H3. The molecule has 2 N–H and O–H groups in total. The summed E-state index contributed by atoms with van der Waals surface area (Å²) in [6, 6.07) is 1.76. The number of rotatable bonds is 3. The number of nitrogens with two attached hydrogens (primary N) is 1. The van der Waals surface area contributed by atoms with Crippen molar-refractivity contribution in [3.63, 3.8) is 0 Å². The first-order valence-electron chi connectivity index (χ1n) is 6.76. The minimum Gasteiger partial charge on any atom is -0.330 e. The predicted molar refractivity (Wildman–Crippen MR) is 78.3 cm³/mol. The first-order chi connectivity index (χ1) is 9.34. The summed E-state index contributed by atoms with van der Waals surface area (Å²) in [5.74, 6) is 0.206. The van der Waals surface area contributed by atoms with E-state index in [1.807, 2.05) is 6.92 Å². The fourth-order valence-electron chi connectivity index (χ4n) is 2.31. The second-order valence-electron chi connectivity index (χ2n) is 6.03. The monoisotopic (exact) mass is 275 g/mol. The lowest BCUT2D eigenvalue weighted by molar-refractivity contribution is -0.120. The Hall–Kier alpha value is -1.82. The molecule has 1 aliphatic heterocycles. The summed E-state index contributed by atoms with van der Waals surface area (Å²) in [5, 5.41) is 5.89. The molecule has 6 nitrogen and oxygen atoms in total. The molecule has 1 amide bonds. The number of aromatic nitrogens is 2. The van der Waals surface area contributed by atoms with E-state index in [1.54, 1.807) is 6.07 Å². The van der Waals surface area contributed by atoms with E-state index in [-0.39, 0.29) is 17.2 Å². The van der Waals surface area contributed by atoms with Crippen molar-refractivity contribution < 1.29 is 4.79 Å². The van der Waals surface area contributed by atoms with Gasteiger partial charge in [-0.25, -0.2) is 9.97 Å². The van der Waals surface area contributed by atoms with Gasteiger partial charge in [0.25, 0.3) is 5.91 Å². The Morgan fingerprint density at radius 1 is 1.35 bits per heavy atom. The van der Waals surface area contributed by atoms with Crippen molar-refractivity contribution in [3.05, 3.63) is 18.1 Å². The van der Waals surface area contributed by atoms with Gasteiger partial charge in [0.05, 0.1) is 11.6 Å². The van der Waals surface area contributed by atoms with Gasteiger partial charge in [-0.05, 0) is 19.9 Å². The normalized spacial score (nSPS) is 19.4. The van der Waals surface area contributed by atoms with Crippen molar-refractivity contribution >= 4 is 17.4 Å². The maximum Gasteiger partial charge on any atom is 0.257 e. The first kappa shape index (κ1) is 14.6. The Morgan fingerprint density at radius 2 is 2.05 bits per heavy atom. The van der Waals surface area contributed by atoms with Crippen molar-refractivity contribution in [3.8, 4) is 0 Å². The highest BCUT2D eigenvalue weighted by Crippen LogP contribution is 2.32. The summed E-state index contributed by atoms with van der Waals surface area (Å²) in [4.78, 5) is 20.7. The van der Waals surface area contributed by atoms with E-state index >= 15 is 0 Å². The molecule has 1 aromatic rings. The van der Waals surface area contributed by atoms with Crippen LogP contribution in [0.15, 0.2) is 17.5 Å². The van der Waals surface area contributed by atoms with Crippen LogP contribution < -0.4 is 10.7 Å². The largest absolute Gasteiger partial charge is 0.330 e. The molecular weight excluding hydrogens is 254 g/mol. The molecule has 0 spiro atoms. The lowest BCUT2D eigenvalue weighted by atomic mass is 9.81. The third kappa shape index (κ3) is 2.70. The van der Waals surface area contributed by atoms with Crippen LogP contribution in [0.2, 0.25) is 0 Å². The smallest absolute Gasteiger partial charge is 0.257 e. The minimum absolute atomic E-state index is 0.0570. The van der Waals surface area contributed by atoms with Crippen LogP contribution in [0.1, 0.15) is 32.9 Å². The molecule has 0 saturated carbocycles. The van der Waals surface area contributed by atoms with Gasteiger partial charge in [0.2, 0.25) is 0 Å². The zero-order valence-electron chi connectivity index (χ0n) is 12.4. The first-order valence-corrected chi connectivity index (χ1v) is 6.76. The molecule has 1 aliphatic rings. The Kier molecular flexibility index (Phi) is 3.85. The summed E-state index contributed by atoms with van der Waals surface area (Å²) >= 11 is 0. The quantitative estimate of drug-likeness (QED) is 0.906. The number of carbonyl (C=O) groups excluding carboxylic acids is 1. The highest BCUT2D eigenvalue weighted by molar-refractivity contribution is 6.16. The molecule has 1 unspecified atom stereocenters. The fraction of sp³-hybridized carbons (Fsp3) is 0.571. The van der Waals surface area contributed by atoms with Gasteiger partial charge >= 0.3 is 0 Å². The zero-order valence-corrected chi connectivity index (χ0v) is 12.4. The van der Waals surface area contributed by atoms with Crippen LogP contribution in [0.5, 0.6) is 0 Å². The molecule has 0 aromatic carbocycles. The van der Waals surface area contributed by atoms with E-state index in [9.17, 15) is 4.79 Å². The molecule has 0 fully saturated rings. The van der Waals surface area contributed by atoms with Crippen molar-refractivity contribution in [1.82, 2.24) is 9.97 Å². The molecule has 6 heteroatoms. The van der Waals surface area contributed by atoms with Gasteiger partial charge in [0.15, 0.2) is 5.82 Å². The maximum absolute atomic E-state index is 12.6. The van der Waals surface area contributed by atoms with Crippen molar-refractivity contribution in [2.75, 3.05) is 11.6 Å². The Balaban J connectivity index is 2.41. The summed E-state index contributed by atoms with van der Waals surface area (Å²) < 4.78 is 0. The average Bonchev–Trinajstić information content (AvgIpc) is 2.68. The zero-order chi connectivity index (χ0) is 14.9. The van der Waals surface area contributed by atoms with Crippen LogP contribution in [0.3, 0.4) is 0 Å². The van der Waals surface area contributed by atoms with Crippen LogP contribution in [0.4, 0.5) is 5.82 Å². The van der Waals surface area contributed by atoms with Crippen molar-refractivity contribution in [2.45, 2.75) is 34.1 Å².